The van der Waals surface area contributed by atoms with Gasteiger partial charge in [0.25, 0.3) is 0 Å². The van der Waals surface area contributed by atoms with Crippen LogP contribution in [0.3, 0.4) is 0 Å². The Morgan fingerprint density at radius 2 is 1.84 bits per heavy atom. The lowest BCUT2D eigenvalue weighted by atomic mass is 10.2. The van der Waals surface area contributed by atoms with Crippen LogP contribution in [-0.2, 0) is 0 Å². The van der Waals surface area contributed by atoms with Crippen molar-refractivity contribution in [1.29, 1.82) is 0 Å². The van der Waals surface area contributed by atoms with E-state index in [0.717, 1.165) is 0 Å². The Balaban J connectivity index is 2.31. The van der Waals surface area contributed by atoms with E-state index in [4.69, 9.17) is 10.5 Å². The number of nitrogens with one attached hydrogen (secondary N) is 1. The molecule has 0 saturated heterocycles. The smallest absolute Gasteiger partial charge is 0.149 e. The molecule has 3 N–H and O–H groups in total. The second kappa shape index (κ2) is 5.56. The average Bonchev–Trinajstić information content (AvgIpc) is 2.38. The molecule has 0 unspecified atom stereocenters. The second-order valence-corrected chi connectivity index (χ2v) is 3.91. The summed E-state index contributed by atoms with van der Waals surface area (Å²) in [5.41, 5.74) is 6.50. The summed E-state index contributed by atoms with van der Waals surface area (Å²) < 4.78 is 32.3. The maximum atomic E-state index is 13.5. The predicted octanol–water partition coefficient (Wildman–Crippen LogP) is 3.69. The van der Waals surface area contributed by atoms with Crippen LogP contribution in [0.1, 0.15) is 6.92 Å². The number of anilines is 3. The summed E-state index contributed by atoms with van der Waals surface area (Å²) in [6.45, 7) is 2.29. The fourth-order valence-corrected chi connectivity index (χ4v) is 1.65. The molecule has 19 heavy (non-hydrogen) atoms. The van der Waals surface area contributed by atoms with Gasteiger partial charge < -0.3 is 15.8 Å². The second-order valence-electron chi connectivity index (χ2n) is 3.91. The van der Waals surface area contributed by atoms with Crippen LogP contribution in [0.15, 0.2) is 36.4 Å². The maximum Gasteiger partial charge on any atom is 0.149 e. The Labute approximate surface area is 110 Å². The van der Waals surface area contributed by atoms with Gasteiger partial charge in [0.2, 0.25) is 0 Å². The minimum Gasteiger partial charge on any atom is -0.492 e. The summed E-state index contributed by atoms with van der Waals surface area (Å²) in [5.74, 6) is -0.839. The zero-order chi connectivity index (χ0) is 13.8. The standard InChI is InChI=1S/C14H14F2N2O/c1-2-19-13-8-9(6-7-12(13)17)18-14-10(15)4-3-5-11(14)16/h3-8,18H,2,17H2,1H3. The molecular weight excluding hydrogens is 250 g/mol. The van der Waals surface area contributed by atoms with E-state index in [2.05, 4.69) is 5.32 Å². The number of hydrogen-bond donors (Lipinski definition) is 2. The lowest BCUT2D eigenvalue weighted by Crippen LogP contribution is -2.00. The van der Waals surface area contributed by atoms with E-state index >= 15 is 0 Å². The summed E-state index contributed by atoms with van der Waals surface area (Å²) in [6.07, 6.45) is 0. The van der Waals surface area contributed by atoms with Crippen LogP contribution < -0.4 is 15.8 Å². The van der Waals surface area contributed by atoms with Crippen LogP contribution in [0.5, 0.6) is 5.75 Å². The van der Waals surface area contributed by atoms with E-state index in [1.54, 1.807) is 18.2 Å². The molecule has 2 aromatic rings. The van der Waals surface area contributed by atoms with Crippen molar-refractivity contribution in [1.82, 2.24) is 0 Å². The van der Waals surface area contributed by atoms with Gasteiger partial charge in [-0.3, -0.25) is 0 Å². The highest BCUT2D eigenvalue weighted by molar-refractivity contribution is 5.67. The van der Waals surface area contributed by atoms with Crippen LogP contribution in [0, 0.1) is 11.6 Å². The first-order valence-electron chi connectivity index (χ1n) is 5.85. The van der Waals surface area contributed by atoms with Crippen molar-refractivity contribution in [3.63, 3.8) is 0 Å². The first kappa shape index (κ1) is 13.1. The number of ether oxygens (including phenoxy) is 1. The normalized spacial score (nSPS) is 10.3. The number of halogens is 2. The quantitative estimate of drug-likeness (QED) is 0.828. The fraction of sp³-hybridized carbons (Fsp3) is 0.143. The monoisotopic (exact) mass is 264 g/mol. The van der Waals surface area contributed by atoms with Gasteiger partial charge in [0.15, 0.2) is 0 Å². The first-order chi connectivity index (χ1) is 9.11. The highest BCUT2D eigenvalue weighted by Gasteiger charge is 2.09. The lowest BCUT2D eigenvalue weighted by molar-refractivity contribution is 0.342. The molecule has 100 valence electrons. The van der Waals surface area contributed by atoms with Crippen LogP contribution in [0.4, 0.5) is 25.8 Å². The van der Waals surface area contributed by atoms with Gasteiger partial charge in [-0.15, -0.1) is 0 Å². The van der Waals surface area contributed by atoms with Gasteiger partial charge in [-0.2, -0.15) is 0 Å². The van der Waals surface area contributed by atoms with Crippen molar-refractivity contribution < 1.29 is 13.5 Å². The molecule has 3 nitrogen and oxygen atoms in total. The lowest BCUT2D eigenvalue weighted by Gasteiger charge is -2.12. The Hall–Kier alpha value is -2.30. The van der Waals surface area contributed by atoms with Gasteiger partial charge in [0.1, 0.15) is 23.1 Å². The van der Waals surface area contributed by atoms with Crippen molar-refractivity contribution >= 4 is 17.1 Å². The molecular formula is C14H14F2N2O. The van der Waals surface area contributed by atoms with Crippen molar-refractivity contribution in [2.24, 2.45) is 0 Å². The third-order valence-electron chi connectivity index (χ3n) is 2.55. The van der Waals surface area contributed by atoms with Gasteiger partial charge in [-0.1, -0.05) is 6.07 Å². The number of nitrogen functional groups attached to an aromatic ring is 1. The highest BCUT2D eigenvalue weighted by atomic mass is 19.1. The summed E-state index contributed by atoms with van der Waals surface area (Å²) in [7, 11) is 0. The van der Waals surface area contributed by atoms with E-state index in [-0.39, 0.29) is 5.69 Å². The number of rotatable bonds is 4. The molecule has 0 aliphatic carbocycles. The summed E-state index contributed by atoms with van der Waals surface area (Å²) in [6, 6.07) is 8.53. The summed E-state index contributed by atoms with van der Waals surface area (Å²) >= 11 is 0. The molecule has 0 aromatic heterocycles. The fourth-order valence-electron chi connectivity index (χ4n) is 1.65. The molecule has 2 aromatic carbocycles. The van der Waals surface area contributed by atoms with Gasteiger partial charge in [-0.25, -0.2) is 8.78 Å². The average molecular weight is 264 g/mol. The number of hydrogen-bond acceptors (Lipinski definition) is 3. The SMILES string of the molecule is CCOc1cc(Nc2c(F)cccc2F)ccc1N. The number of nitrogens with two attached hydrogens (primary N) is 1. The maximum absolute atomic E-state index is 13.5. The topological polar surface area (TPSA) is 47.3 Å². The minimum atomic E-state index is -0.658. The van der Waals surface area contributed by atoms with Gasteiger partial charge in [0.05, 0.1) is 12.3 Å². The van der Waals surface area contributed by atoms with Gasteiger partial charge >= 0.3 is 0 Å². The molecule has 5 heteroatoms. The summed E-state index contributed by atoms with van der Waals surface area (Å²) in [5, 5.41) is 2.68. The van der Waals surface area contributed by atoms with Gasteiger partial charge in [0, 0.05) is 11.8 Å². The largest absolute Gasteiger partial charge is 0.492 e. The van der Waals surface area contributed by atoms with E-state index < -0.39 is 11.6 Å². The molecule has 0 bridgehead atoms. The van der Waals surface area contributed by atoms with Crippen LogP contribution in [-0.4, -0.2) is 6.61 Å². The molecule has 0 aliphatic rings. The van der Waals surface area contributed by atoms with E-state index in [1.165, 1.54) is 18.2 Å². The molecule has 0 saturated carbocycles. The number of benzene rings is 2. The van der Waals surface area contributed by atoms with E-state index in [1.807, 2.05) is 6.92 Å². The van der Waals surface area contributed by atoms with Gasteiger partial charge in [-0.05, 0) is 31.2 Å². The zero-order valence-corrected chi connectivity index (χ0v) is 10.4. The van der Waals surface area contributed by atoms with Crippen LogP contribution in [0.25, 0.3) is 0 Å². The summed E-state index contributed by atoms with van der Waals surface area (Å²) in [4.78, 5) is 0. The van der Waals surface area contributed by atoms with Crippen molar-refractivity contribution in [2.75, 3.05) is 17.7 Å². The Morgan fingerprint density at radius 3 is 2.47 bits per heavy atom. The molecule has 0 amide bonds. The zero-order valence-electron chi connectivity index (χ0n) is 10.4. The first-order valence-corrected chi connectivity index (χ1v) is 5.85. The number of para-hydroxylation sites is 1. The van der Waals surface area contributed by atoms with Crippen molar-refractivity contribution in [3.8, 4) is 5.75 Å². The molecule has 0 atom stereocenters. The third-order valence-corrected chi connectivity index (χ3v) is 2.55. The van der Waals surface area contributed by atoms with Crippen LogP contribution >= 0.6 is 0 Å². The van der Waals surface area contributed by atoms with E-state index in [9.17, 15) is 8.78 Å². The van der Waals surface area contributed by atoms with Crippen molar-refractivity contribution in [2.45, 2.75) is 6.92 Å². The predicted molar refractivity (Wildman–Crippen MR) is 71.7 cm³/mol. The molecule has 0 radical (unpaired) electrons. The molecule has 0 spiro atoms. The third kappa shape index (κ3) is 2.93. The molecule has 0 aliphatic heterocycles. The van der Waals surface area contributed by atoms with Crippen LogP contribution in [0.2, 0.25) is 0 Å². The van der Waals surface area contributed by atoms with E-state index in [0.29, 0.717) is 23.7 Å². The highest BCUT2D eigenvalue weighted by Crippen LogP contribution is 2.29. The Kier molecular flexibility index (Phi) is 3.85. The van der Waals surface area contributed by atoms with Crippen molar-refractivity contribution in [3.05, 3.63) is 48.0 Å². The molecule has 2 rings (SSSR count). The molecule has 0 fully saturated rings. The molecule has 0 heterocycles. The Morgan fingerprint density at radius 1 is 1.16 bits per heavy atom. The minimum absolute atomic E-state index is 0.199. The Bertz CT molecular complexity index is 567.